The number of nitro benzene ring substituents is 1. The minimum atomic E-state index is -0.494. The summed E-state index contributed by atoms with van der Waals surface area (Å²) in [4.78, 5) is 37.0. The van der Waals surface area contributed by atoms with Crippen molar-refractivity contribution >= 4 is 23.4 Å². The van der Waals surface area contributed by atoms with Crippen molar-refractivity contribution in [1.29, 1.82) is 0 Å². The van der Waals surface area contributed by atoms with Crippen LogP contribution in [0.3, 0.4) is 0 Å². The molecule has 0 saturated carbocycles. The first-order valence-electron chi connectivity index (χ1n) is 10.3. The largest absolute Gasteiger partial charge is 0.450 e. The highest BCUT2D eigenvalue weighted by molar-refractivity contribution is 5.96. The second-order valence-electron chi connectivity index (χ2n) is 7.44. The highest BCUT2D eigenvalue weighted by Crippen LogP contribution is 2.26. The normalized spacial score (nSPS) is 19.4. The topological polar surface area (TPSA) is 123 Å². The molecule has 1 atom stereocenters. The predicted octanol–water partition coefficient (Wildman–Crippen LogP) is 2.54. The van der Waals surface area contributed by atoms with Gasteiger partial charge in [-0.15, -0.1) is 0 Å². The zero-order valence-electron chi connectivity index (χ0n) is 17.1. The monoisotopic (exact) mass is 420 g/mol. The molecule has 1 aromatic carbocycles. The minimum Gasteiger partial charge on any atom is -0.450 e. The van der Waals surface area contributed by atoms with Crippen molar-refractivity contribution in [1.82, 2.24) is 10.2 Å². The average molecular weight is 420 g/mol. The number of hydrogen-bond donors (Lipinski definition) is 2. The number of piperidine rings is 1. The van der Waals surface area contributed by atoms with E-state index < -0.39 is 4.92 Å². The number of nitrogens with zero attached hydrogens (tertiary/aromatic N) is 2. The van der Waals surface area contributed by atoms with Gasteiger partial charge in [0.15, 0.2) is 0 Å². The van der Waals surface area contributed by atoms with Crippen molar-refractivity contribution in [2.24, 2.45) is 0 Å². The van der Waals surface area contributed by atoms with Crippen LogP contribution in [0.5, 0.6) is 0 Å². The molecule has 10 nitrogen and oxygen atoms in total. The van der Waals surface area contributed by atoms with E-state index in [1.165, 1.54) is 6.07 Å². The Bertz CT molecular complexity index is 773. The summed E-state index contributed by atoms with van der Waals surface area (Å²) >= 11 is 0. The van der Waals surface area contributed by atoms with Gasteiger partial charge in [0.1, 0.15) is 5.69 Å². The lowest BCUT2D eigenvalue weighted by Crippen LogP contribution is -2.46. The van der Waals surface area contributed by atoms with Crippen LogP contribution in [0.4, 0.5) is 16.2 Å². The molecule has 2 fully saturated rings. The fourth-order valence-corrected chi connectivity index (χ4v) is 3.69. The molecular weight excluding hydrogens is 392 g/mol. The second kappa shape index (κ2) is 10.2. The van der Waals surface area contributed by atoms with E-state index in [1.807, 2.05) is 0 Å². The summed E-state index contributed by atoms with van der Waals surface area (Å²) in [6.07, 6.45) is 2.83. The van der Waals surface area contributed by atoms with Crippen LogP contribution in [-0.4, -0.2) is 66.8 Å². The molecule has 2 aliphatic heterocycles. The zero-order valence-corrected chi connectivity index (χ0v) is 17.1. The van der Waals surface area contributed by atoms with Crippen LogP contribution in [0.15, 0.2) is 18.2 Å². The molecule has 2 heterocycles. The molecule has 164 valence electrons. The Kier molecular flexibility index (Phi) is 7.45. The van der Waals surface area contributed by atoms with E-state index in [9.17, 15) is 19.7 Å². The van der Waals surface area contributed by atoms with E-state index in [-0.39, 0.29) is 35.4 Å². The molecule has 1 aromatic rings. The predicted molar refractivity (Wildman–Crippen MR) is 110 cm³/mol. The van der Waals surface area contributed by atoms with Gasteiger partial charge < -0.3 is 25.0 Å². The lowest BCUT2D eigenvalue weighted by molar-refractivity contribution is -0.384. The quantitative estimate of drug-likeness (QED) is 0.513. The van der Waals surface area contributed by atoms with Gasteiger partial charge in [-0.3, -0.25) is 14.9 Å². The Balaban J connectivity index is 1.57. The van der Waals surface area contributed by atoms with Gasteiger partial charge in [-0.1, -0.05) is 0 Å². The van der Waals surface area contributed by atoms with Crippen LogP contribution in [-0.2, 0) is 9.47 Å². The van der Waals surface area contributed by atoms with Crippen molar-refractivity contribution < 1.29 is 24.0 Å². The maximum atomic E-state index is 12.6. The van der Waals surface area contributed by atoms with Crippen molar-refractivity contribution in [2.45, 2.75) is 44.8 Å². The SMILES string of the molecule is CCOC(=O)N1CCC(NC(=O)c2ccc(NCC3CCCO3)c([N+](=O)[O-])c2)CC1. The molecule has 2 amide bonds. The molecule has 0 aliphatic carbocycles. The number of carbonyl (C=O) groups excluding carboxylic acids is 2. The lowest BCUT2D eigenvalue weighted by atomic mass is 10.0. The van der Waals surface area contributed by atoms with Crippen LogP contribution < -0.4 is 10.6 Å². The number of amides is 2. The number of hydrogen-bond acceptors (Lipinski definition) is 7. The van der Waals surface area contributed by atoms with Crippen molar-refractivity contribution in [3.8, 4) is 0 Å². The van der Waals surface area contributed by atoms with E-state index in [4.69, 9.17) is 9.47 Å². The summed E-state index contributed by atoms with van der Waals surface area (Å²) in [7, 11) is 0. The fraction of sp³-hybridized carbons (Fsp3) is 0.600. The Morgan fingerprint density at radius 3 is 2.70 bits per heavy atom. The Labute approximate surface area is 175 Å². The number of rotatable bonds is 7. The summed E-state index contributed by atoms with van der Waals surface area (Å²) in [6.45, 7) is 4.28. The van der Waals surface area contributed by atoms with Crippen molar-refractivity contribution in [2.75, 3.05) is 38.2 Å². The number of nitro groups is 1. The van der Waals surface area contributed by atoms with Crippen LogP contribution in [0, 0.1) is 10.1 Å². The molecule has 0 radical (unpaired) electrons. The number of likely N-dealkylation sites (tertiary alicyclic amines) is 1. The Morgan fingerprint density at radius 2 is 2.07 bits per heavy atom. The van der Waals surface area contributed by atoms with Crippen LogP contribution in [0.1, 0.15) is 43.0 Å². The third-order valence-electron chi connectivity index (χ3n) is 5.36. The first-order chi connectivity index (χ1) is 14.5. The van der Waals surface area contributed by atoms with E-state index >= 15 is 0 Å². The molecule has 10 heteroatoms. The van der Waals surface area contributed by atoms with Gasteiger partial charge in [0.05, 0.1) is 17.6 Å². The Hall–Kier alpha value is -2.88. The fourth-order valence-electron chi connectivity index (χ4n) is 3.69. The minimum absolute atomic E-state index is 0.0491. The van der Waals surface area contributed by atoms with Gasteiger partial charge in [0.25, 0.3) is 11.6 Å². The van der Waals surface area contributed by atoms with E-state index in [2.05, 4.69) is 10.6 Å². The van der Waals surface area contributed by atoms with E-state index in [1.54, 1.807) is 24.0 Å². The third kappa shape index (κ3) is 5.59. The van der Waals surface area contributed by atoms with Crippen LogP contribution in [0.2, 0.25) is 0 Å². The van der Waals surface area contributed by atoms with Gasteiger partial charge in [0, 0.05) is 43.9 Å². The highest BCUT2D eigenvalue weighted by Gasteiger charge is 2.26. The molecule has 2 saturated heterocycles. The summed E-state index contributed by atoms with van der Waals surface area (Å²) in [5.41, 5.74) is 0.463. The first-order valence-corrected chi connectivity index (χ1v) is 10.3. The summed E-state index contributed by atoms with van der Waals surface area (Å²) in [5.74, 6) is -0.363. The second-order valence-corrected chi connectivity index (χ2v) is 7.44. The van der Waals surface area contributed by atoms with Gasteiger partial charge in [-0.25, -0.2) is 4.79 Å². The number of nitrogens with one attached hydrogen (secondary N) is 2. The molecule has 0 spiro atoms. The lowest BCUT2D eigenvalue weighted by Gasteiger charge is -2.31. The van der Waals surface area contributed by atoms with Gasteiger partial charge >= 0.3 is 6.09 Å². The number of benzene rings is 1. The zero-order chi connectivity index (χ0) is 21.5. The standard InChI is InChI=1S/C20H28N4O6/c1-2-29-20(26)23-9-7-15(8-10-23)22-19(25)14-5-6-17(18(12-14)24(27)28)21-13-16-4-3-11-30-16/h5-6,12,15-16,21H,2-4,7-11,13H2,1H3,(H,22,25). The molecule has 2 aliphatic rings. The number of carbonyl (C=O) groups is 2. The van der Waals surface area contributed by atoms with Crippen LogP contribution >= 0.6 is 0 Å². The molecule has 3 rings (SSSR count). The molecule has 30 heavy (non-hydrogen) atoms. The highest BCUT2D eigenvalue weighted by atomic mass is 16.6. The number of anilines is 1. The molecular formula is C20H28N4O6. The molecule has 2 N–H and O–H groups in total. The first kappa shape index (κ1) is 21.8. The van der Waals surface area contributed by atoms with Crippen LogP contribution in [0.25, 0.3) is 0 Å². The third-order valence-corrected chi connectivity index (χ3v) is 5.36. The summed E-state index contributed by atoms with van der Waals surface area (Å²) < 4.78 is 10.5. The number of ether oxygens (including phenoxy) is 2. The summed E-state index contributed by atoms with van der Waals surface area (Å²) in [6, 6.07) is 4.33. The molecule has 0 aromatic heterocycles. The maximum absolute atomic E-state index is 12.6. The van der Waals surface area contributed by atoms with Crippen molar-refractivity contribution in [3.63, 3.8) is 0 Å². The molecule has 1 unspecified atom stereocenters. The van der Waals surface area contributed by atoms with Gasteiger partial charge in [-0.05, 0) is 44.7 Å². The van der Waals surface area contributed by atoms with E-state index in [0.29, 0.717) is 51.4 Å². The maximum Gasteiger partial charge on any atom is 0.409 e. The molecule has 0 bridgehead atoms. The average Bonchev–Trinajstić information content (AvgIpc) is 3.26. The van der Waals surface area contributed by atoms with Crippen molar-refractivity contribution in [3.05, 3.63) is 33.9 Å². The smallest absolute Gasteiger partial charge is 0.409 e. The van der Waals surface area contributed by atoms with Gasteiger partial charge in [-0.2, -0.15) is 0 Å². The summed E-state index contributed by atoms with van der Waals surface area (Å²) in [5, 5.41) is 17.5. The Morgan fingerprint density at radius 1 is 1.30 bits per heavy atom. The van der Waals surface area contributed by atoms with E-state index in [0.717, 1.165) is 12.8 Å². The van der Waals surface area contributed by atoms with Gasteiger partial charge in [0.2, 0.25) is 0 Å².